The summed E-state index contributed by atoms with van der Waals surface area (Å²) in [6.07, 6.45) is -1.25. The van der Waals surface area contributed by atoms with Gasteiger partial charge >= 0.3 is 6.18 Å². The van der Waals surface area contributed by atoms with Crippen molar-refractivity contribution in [2.45, 2.75) is 31.5 Å². The first-order chi connectivity index (χ1) is 9.40. The minimum absolute atomic E-state index is 0.121. The molecule has 20 heavy (non-hydrogen) atoms. The fourth-order valence-electron chi connectivity index (χ4n) is 3.66. The van der Waals surface area contributed by atoms with E-state index in [9.17, 15) is 17.6 Å². The maximum Gasteiger partial charge on any atom is 0.419 e. The molecule has 1 nitrogen and oxygen atoms in total. The number of nitrogens with one attached hydrogen (secondary N) is 1. The molecule has 0 aliphatic heterocycles. The standard InChI is InChI=1S/C15H17F4N/c1-20-14(11-5-9-4-10(9)6-11)8-2-3-13(16)12(7-8)15(17,18)19/h2-3,7,9-11,14,20H,4-6H2,1H3. The molecule has 0 radical (unpaired) electrons. The van der Waals surface area contributed by atoms with Crippen LogP contribution in [0.15, 0.2) is 18.2 Å². The SMILES string of the molecule is CNC(c1ccc(F)c(C(F)(F)F)c1)C1CC2CC2C1. The molecule has 0 saturated heterocycles. The molecule has 110 valence electrons. The second-order valence-corrected chi connectivity index (χ2v) is 5.99. The Morgan fingerprint density at radius 2 is 1.80 bits per heavy atom. The van der Waals surface area contributed by atoms with Crippen LogP contribution in [0.4, 0.5) is 17.6 Å². The molecule has 0 aromatic heterocycles. The van der Waals surface area contributed by atoms with Gasteiger partial charge in [-0.2, -0.15) is 13.2 Å². The molecular weight excluding hydrogens is 270 g/mol. The maximum atomic E-state index is 13.3. The van der Waals surface area contributed by atoms with Gasteiger partial charge < -0.3 is 5.32 Å². The molecule has 2 fully saturated rings. The molecule has 1 aromatic rings. The van der Waals surface area contributed by atoms with E-state index in [4.69, 9.17) is 0 Å². The fourth-order valence-corrected chi connectivity index (χ4v) is 3.66. The topological polar surface area (TPSA) is 12.0 Å². The van der Waals surface area contributed by atoms with Crippen molar-refractivity contribution in [3.05, 3.63) is 35.1 Å². The molecule has 0 spiro atoms. The number of alkyl halides is 3. The third-order valence-corrected chi connectivity index (χ3v) is 4.72. The Morgan fingerprint density at radius 1 is 1.15 bits per heavy atom. The van der Waals surface area contributed by atoms with E-state index in [-0.39, 0.29) is 6.04 Å². The molecule has 2 saturated carbocycles. The highest BCUT2D eigenvalue weighted by Gasteiger charge is 2.48. The summed E-state index contributed by atoms with van der Waals surface area (Å²) in [7, 11) is 1.76. The van der Waals surface area contributed by atoms with Crippen molar-refractivity contribution in [3.63, 3.8) is 0 Å². The van der Waals surface area contributed by atoms with Crippen LogP contribution in [0, 0.1) is 23.6 Å². The minimum Gasteiger partial charge on any atom is -0.313 e. The van der Waals surface area contributed by atoms with Gasteiger partial charge in [-0.3, -0.25) is 0 Å². The highest BCUT2D eigenvalue weighted by atomic mass is 19.4. The van der Waals surface area contributed by atoms with Gasteiger partial charge in [-0.05, 0) is 61.8 Å². The summed E-state index contributed by atoms with van der Waals surface area (Å²) in [6.45, 7) is 0. The number of rotatable bonds is 3. The summed E-state index contributed by atoms with van der Waals surface area (Å²) in [5, 5.41) is 3.11. The highest BCUT2D eigenvalue weighted by molar-refractivity contribution is 5.30. The maximum absolute atomic E-state index is 13.3. The molecule has 3 rings (SSSR count). The molecule has 0 amide bonds. The van der Waals surface area contributed by atoms with E-state index in [1.807, 2.05) is 0 Å². The van der Waals surface area contributed by atoms with Crippen molar-refractivity contribution in [2.75, 3.05) is 7.05 Å². The Morgan fingerprint density at radius 3 is 2.35 bits per heavy atom. The first kappa shape index (κ1) is 13.9. The van der Waals surface area contributed by atoms with Gasteiger partial charge in [0.2, 0.25) is 0 Å². The summed E-state index contributed by atoms with van der Waals surface area (Å²) < 4.78 is 51.7. The van der Waals surface area contributed by atoms with Gasteiger partial charge in [0.1, 0.15) is 5.82 Å². The zero-order chi connectivity index (χ0) is 14.5. The number of fused-ring (bicyclic) bond motifs is 1. The van der Waals surface area contributed by atoms with Gasteiger partial charge in [0, 0.05) is 6.04 Å². The van der Waals surface area contributed by atoms with Gasteiger partial charge in [0.25, 0.3) is 0 Å². The van der Waals surface area contributed by atoms with Crippen LogP contribution in [0.1, 0.15) is 36.4 Å². The van der Waals surface area contributed by atoms with Gasteiger partial charge in [0.05, 0.1) is 5.56 Å². The summed E-state index contributed by atoms with van der Waals surface area (Å²) in [5.41, 5.74) is -0.633. The largest absolute Gasteiger partial charge is 0.419 e. The summed E-state index contributed by atoms with van der Waals surface area (Å²) in [6, 6.07) is 3.23. The van der Waals surface area contributed by atoms with E-state index in [0.717, 1.165) is 36.8 Å². The third kappa shape index (κ3) is 2.43. The Labute approximate surface area is 115 Å². The highest BCUT2D eigenvalue weighted by Crippen LogP contribution is 2.57. The zero-order valence-electron chi connectivity index (χ0n) is 11.2. The number of hydrogen-bond donors (Lipinski definition) is 1. The van der Waals surface area contributed by atoms with Crippen LogP contribution in [0.2, 0.25) is 0 Å². The van der Waals surface area contributed by atoms with Gasteiger partial charge in [0.15, 0.2) is 0 Å². The lowest BCUT2D eigenvalue weighted by Crippen LogP contribution is -2.25. The van der Waals surface area contributed by atoms with E-state index in [2.05, 4.69) is 5.32 Å². The first-order valence-electron chi connectivity index (χ1n) is 6.94. The molecule has 3 atom stereocenters. The molecule has 3 unspecified atom stereocenters. The molecule has 2 aliphatic carbocycles. The average molecular weight is 287 g/mol. The van der Waals surface area contributed by atoms with Crippen molar-refractivity contribution in [1.29, 1.82) is 0 Å². The van der Waals surface area contributed by atoms with Gasteiger partial charge in [-0.1, -0.05) is 6.07 Å². The quantitative estimate of drug-likeness (QED) is 0.823. The van der Waals surface area contributed by atoms with Crippen LogP contribution in [0.25, 0.3) is 0 Å². The third-order valence-electron chi connectivity index (χ3n) is 4.72. The predicted molar refractivity (Wildman–Crippen MR) is 67.5 cm³/mol. The number of halogens is 4. The summed E-state index contributed by atoms with van der Waals surface area (Å²) in [4.78, 5) is 0. The second kappa shape index (κ2) is 4.72. The van der Waals surface area contributed by atoms with Crippen LogP contribution in [-0.4, -0.2) is 7.05 Å². The van der Waals surface area contributed by atoms with Crippen molar-refractivity contribution in [1.82, 2.24) is 5.32 Å². The Kier molecular flexibility index (Phi) is 3.27. The molecule has 5 heteroatoms. The molecular formula is C15H17F4N. The van der Waals surface area contributed by atoms with Crippen LogP contribution in [0.3, 0.4) is 0 Å². The van der Waals surface area contributed by atoms with E-state index >= 15 is 0 Å². The molecule has 0 heterocycles. The van der Waals surface area contributed by atoms with Crippen LogP contribution in [-0.2, 0) is 6.18 Å². The van der Waals surface area contributed by atoms with Crippen LogP contribution >= 0.6 is 0 Å². The lowest BCUT2D eigenvalue weighted by Gasteiger charge is -2.25. The monoisotopic (exact) mass is 287 g/mol. The smallest absolute Gasteiger partial charge is 0.313 e. The normalized spacial score (nSPS) is 30.1. The Bertz CT molecular complexity index is 501. The lowest BCUT2D eigenvalue weighted by molar-refractivity contribution is -0.140. The van der Waals surface area contributed by atoms with Crippen LogP contribution in [0.5, 0.6) is 0 Å². The summed E-state index contributed by atoms with van der Waals surface area (Å²) >= 11 is 0. The van der Waals surface area contributed by atoms with E-state index in [1.54, 1.807) is 7.05 Å². The minimum atomic E-state index is -4.64. The van der Waals surface area contributed by atoms with Gasteiger partial charge in [-0.15, -0.1) is 0 Å². The number of benzene rings is 1. The zero-order valence-corrected chi connectivity index (χ0v) is 11.2. The first-order valence-corrected chi connectivity index (χ1v) is 6.94. The van der Waals surface area contributed by atoms with Crippen molar-refractivity contribution >= 4 is 0 Å². The second-order valence-electron chi connectivity index (χ2n) is 5.99. The molecule has 1 N–H and O–H groups in total. The average Bonchev–Trinajstić information content (AvgIpc) is 2.98. The van der Waals surface area contributed by atoms with Crippen molar-refractivity contribution in [2.24, 2.45) is 17.8 Å². The van der Waals surface area contributed by atoms with Crippen molar-refractivity contribution < 1.29 is 17.6 Å². The lowest BCUT2D eigenvalue weighted by atomic mass is 9.88. The molecule has 1 aromatic carbocycles. The fraction of sp³-hybridized carbons (Fsp3) is 0.600. The molecule has 0 bridgehead atoms. The summed E-state index contributed by atoms with van der Waals surface area (Å²) in [5.74, 6) is 0.678. The van der Waals surface area contributed by atoms with E-state index in [1.165, 1.54) is 12.5 Å². The molecule has 2 aliphatic rings. The van der Waals surface area contributed by atoms with E-state index < -0.39 is 17.6 Å². The Balaban J connectivity index is 1.88. The number of hydrogen-bond acceptors (Lipinski definition) is 1. The van der Waals surface area contributed by atoms with Crippen LogP contribution < -0.4 is 5.32 Å². The van der Waals surface area contributed by atoms with E-state index in [0.29, 0.717) is 11.5 Å². The predicted octanol–water partition coefficient (Wildman–Crippen LogP) is 4.15. The Hall–Kier alpha value is -1.10. The van der Waals surface area contributed by atoms with Crippen molar-refractivity contribution in [3.8, 4) is 0 Å². The van der Waals surface area contributed by atoms with Gasteiger partial charge in [-0.25, -0.2) is 4.39 Å².